The average Bonchev–Trinajstić information content (AvgIpc) is 2.79. The highest BCUT2D eigenvalue weighted by Gasteiger charge is 2.53. The van der Waals surface area contributed by atoms with Crippen molar-refractivity contribution in [2.75, 3.05) is 14.1 Å². The zero-order valence-corrected chi connectivity index (χ0v) is 11.4. The highest BCUT2D eigenvalue weighted by atomic mass is 16.6. The molecule has 2 heteroatoms. The molecular weight excluding hydrogens is 186 g/mol. The van der Waals surface area contributed by atoms with Crippen LogP contribution in [0.3, 0.4) is 0 Å². The van der Waals surface area contributed by atoms with Crippen LogP contribution in [0, 0.1) is 10.8 Å². The van der Waals surface area contributed by atoms with E-state index in [1.165, 1.54) is 12.8 Å². The maximum absolute atomic E-state index is 5.81. The molecule has 0 bridgehead atoms. The molecule has 3 unspecified atom stereocenters. The van der Waals surface area contributed by atoms with Gasteiger partial charge in [-0.1, -0.05) is 34.6 Å². The Kier molecular flexibility index (Phi) is 3.52. The molecule has 0 spiro atoms. The fraction of sp³-hybridized carbons (Fsp3) is 1.00. The molecule has 3 atom stereocenters. The van der Waals surface area contributed by atoms with Gasteiger partial charge in [0, 0.05) is 0 Å². The van der Waals surface area contributed by atoms with Gasteiger partial charge in [-0.3, -0.25) is 4.90 Å². The molecule has 0 aromatic carbocycles. The number of rotatable bonds is 4. The first-order valence-electron chi connectivity index (χ1n) is 6.01. The van der Waals surface area contributed by atoms with Gasteiger partial charge in [0.05, 0.1) is 0 Å². The van der Waals surface area contributed by atoms with Crippen LogP contribution in [-0.2, 0) is 4.74 Å². The molecular formula is C13H27NO. The van der Waals surface area contributed by atoms with Crippen LogP contribution in [0.25, 0.3) is 0 Å². The first kappa shape index (κ1) is 13.0. The lowest BCUT2D eigenvalue weighted by Crippen LogP contribution is -2.32. The molecule has 0 N–H and O–H groups in total. The fourth-order valence-corrected chi connectivity index (χ4v) is 2.64. The standard InChI is InChI=1S/C13H27NO/c1-8-13(5,9-12(2,3)4)10-11(15-10)14(6)7/h10-11H,8-9H2,1-7H3. The smallest absolute Gasteiger partial charge is 0.137 e. The third-order valence-corrected chi connectivity index (χ3v) is 3.41. The van der Waals surface area contributed by atoms with Crippen molar-refractivity contribution in [3.63, 3.8) is 0 Å². The van der Waals surface area contributed by atoms with Gasteiger partial charge in [-0.25, -0.2) is 0 Å². The molecule has 0 aromatic rings. The van der Waals surface area contributed by atoms with E-state index in [4.69, 9.17) is 4.74 Å². The van der Waals surface area contributed by atoms with Gasteiger partial charge in [0.15, 0.2) is 0 Å². The Morgan fingerprint density at radius 1 is 1.13 bits per heavy atom. The molecule has 0 aliphatic carbocycles. The Morgan fingerprint density at radius 2 is 1.67 bits per heavy atom. The summed E-state index contributed by atoms with van der Waals surface area (Å²) in [5.41, 5.74) is 0.709. The van der Waals surface area contributed by atoms with E-state index in [0.717, 1.165) is 0 Å². The van der Waals surface area contributed by atoms with Crippen LogP contribution in [0.1, 0.15) is 47.5 Å². The molecule has 15 heavy (non-hydrogen) atoms. The quantitative estimate of drug-likeness (QED) is 0.667. The zero-order chi connectivity index (χ0) is 11.9. The maximum atomic E-state index is 5.81. The van der Waals surface area contributed by atoms with Crippen molar-refractivity contribution < 1.29 is 4.74 Å². The average molecular weight is 213 g/mol. The molecule has 0 amide bonds. The van der Waals surface area contributed by atoms with E-state index in [0.29, 0.717) is 23.2 Å². The minimum absolute atomic E-state index is 0.327. The normalized spacial score (nSPS) is 30.4. The molecule has 0 saturated carbocycles. The lowest BCUT2D eigenvalue weighted by Gasteiger charge is -2.34. The summed E-state index contributed by atoms with van der Waals surface area (Å²) in [4.78, 5) is 2.18. The van der Waals surface area contributed by atoms with Crippen LogP contribution in [-0.4, -0.2) is 31.3 Å². The Labute approximate surface area is 95.0 Å². The third kappa shape index (κ3) is 3.18. The van der Waals surface area contributed by atoms with Gasteiger partial charge in [0.25, 0.3) is 0 Å². The highest BCUT2D eigenvalue weighted by molar-refractivity contribution is 4.97. The molecule has 1 heterocycles. The summed E-state index contributed by atoms with van der Waals surface area (Å²) in [6.07, 6.45) is 3.19. The van der Waals surface area contributed by atoms with E-state index in [1.54, 1.807) is 0 Å². The number of hydrogen-bond acceptors (Lipinski definition) is 2. The van der Waals surface area contributed by atoms with Gasteiger partial charge in [-0.2, -0.15) is 0 Å². The van der Waals surface area contributed by atoms with Crippen molar-refractivity contribution in [3.8, 4) is 0 Å². The van der Waals surface area contributed by atoms with Crippen molar-refractivity contribution >= 4 is 0 Å². The van der Waals surface area contributed by atoms with E-state index < -0.39 is 0 Å². The predicted molar refractivity (Wildman–Crippen MR) is 64.8 cm³/mol. The van der Waals surface area contributed by atoms with Gasteiger partial charge in [-0.15, -0.1) is 0 Å². The largest absolute Gasteiger partial charge is 0.352 e. The molecule has 1 rings (SSSR count). The number of epoxide rings is 1. The van der Waals surface area contributed by atoms with Crippen molar-refractivity contribution in [3.05, 3.63) is 0 Å². The number of likely N-dealkylation sites (N-methyl/N-ethyl adjacent to an activating group) is 1. The van der Waals surface area contributed by atoms with Gasteiger partial charge < -0.3 is 4.74 Å². The monoisotopic (exact) mass is 213 g/mol. The number of hydrogen-bond donors (Lipinski definition) is 0. The summed E-state index contributed by atoms with van der Waals surface area (Å²) in [5.74, 6) is 0. The summed E-state index contributed by atoms with van der Waals surface area (Å²) in [5, 5.41) is 0. The highest BCUT2D eigenvalue weighted by Crippen LogP contribution is 2.48. The molecule has 90 valence electrons. The van der Waals surface area contributed by atoms with Crippen LogP contribution in [0.4, 0.5) is 0 Å². The summed E-state index contributed by atoms with van der Waals surface area (Å²) in [6.45, 7) is 11.6. The Bertz CT molecular complexity index is 219. The zero-order valence-electron chi connectivity index (χ0n) is 11.4. The predicted octanol–water partition coefficient (Wildman–Crippen LogP) is 3.13. The lowest BCUT2D eigenvalue weighted by molar-refractivity contribution is 0.135. The van der Waals surface area contributed by atoms with Crippen molar-refractivity contribution in [2.45, 2.75) is 59.8 Å². The number of ether oxygens (including phenoxy) is 1. The van der Waals surface area contributed by atoms with Crippen molar-refractivity contribution in [1.29, 1.82) is 0 Å². The molecule has 0 aromatic heterocycles. The van der Waals surface area contributed by atoms with Crippen LogP contribution >= 0.6 is 0 Å². The summed E-state index contributed by atoms with van der Waals surface area (Å²) in [7, 11) is 4.19. The second kappa shape index (κ2) is 4.06. The van der Waals surface area contributed by atoms with Gasteiger partial charge in [-0.05, 0) is 37.8 Å². The molecule has 0 radical (unpaired) electrons. The van der Waals surface area contributed by atoms with E-state index in [1.807, 2.05) is 0 Å². The summed E-state index contributed by atoms with van der Waals surface area (Å²) >= 11 is 0. The molecule has 1 aliphatic rings. The molecule has 1 aliphatic heterocycles. The van der Waals surface area contributed by atoms with Gasteiger partial charge >= 0.3 is 0 Å². The summed E-state index contributed by atoms with van der Waals surface area (Å²) in [6, 6.07) is 0. The summed E-state index contributed by atoms with van der Waals surface area (Å²) < 4.78 is 5.81. The van der Waals surface area contributed by atoms with Gasteiger partial charge in [0.2, 0.25) is 0 Å². The van der Waals surface area contributed by atoms with E-state index in [2.05, 4.69) is 53.6 Å². The molecule has 1 saturated heterocycles. The van der Waals surface area contributed by atoms with E-state index in [-0.39, 0.29) is 0 Å². The third-order valence-electron chi connectivity index (χ3n) is 3.41. The van der Waals surface area contributed by atoms with Crippen LogP contribution in [0.2, 0.25) is 0 Å². The Balaban J connectivity index is 2.63. The fourth-order valence-electron chi connectivity index (χ4n) is 2.64. The minimum atomic E-state index is 0.327. The first-order chi connectivity index (χ1) is 6.69. The second-order valence-corrected chi connectivity index (χ2v) is 6.66. The van der Waals surface area contributed by atoms with E-state index >= 15 is 0 Å². The van der Waals surface area contributed by atoms with Crippen molar-refractivity contribution in [1.82, 2.24) is 4.90 Å². The van der Waals surface area contributed by atoms with Crippen LogP contribution in [0.15, 0.2) is 0 Å². The Morgan fingerprint density at radius 3 is 1.93 bits per heavy atom. The number of nitrogens with zero attached hydrogens (tertiary/aromatic N) is 1. The van der Waals surface area contributed by atoms with Crippen molar-refractivity contribution in [2.24, 2.45) is 10.8 Å². The SMILES string of the molecule is CCC(C)(CC(C)(C)C)C1OC1N(C)C. The van der Waals surface area contributed by atoms with Gasteiger partial charge in [0.1, 0.15) is 12.3 Å². The molecule has 2 nitrogen and oxygen atoms in total. The van der Waals surface area contributed by atoms with Crippen LogP contribution in [0.5, 0.6) is 0 Å². The van der Waals surface area contributed by atoms with E-state index in [9.17, 15) is 0 Å². The minimum Gasteiger partial charge on any atom is -0.352 e. The first-order valence-corrected chi connectivity index (χ1v) is 6.01. The van der Waals surface area contributed by atoms with Crippen LogP contribution < -0.4 is 0 Å². The Hall–Kier alpha value is -0.0800. The molecule has 1 fully saturated rings. The topological polar surface area (TPSA) is 15.8 Å². The second-order valence-electron chi connectivity index (χ2n) is 6.66. The lowest BCUT2D eigenvalue weighted by atomic mass is 9.71. The maximum Gasteiger partial charge on any atom is 0.137 e.